The van der Waals surface area contributed by atoms with E-state index in [4.69, 9.17) is 21.1 Å². The van der Waals surface area contributed by atoms with Crippen LogP contribution in [0.4, 0.5) is 10.1 Å². The molecule has 170 valence electrons. The van der Waals surface area contributed by atoms with Crippen molar-refractivity contribution < 1.29 is 23.5 Å². The molecule has 0 atom stereocenters. The van der Waals surface area contributed by atoms with Gasteiger partial charge in [-0.15, -0.1) is 0 Å². The van der Waals surface area contributed by atoms with Gasteiger partial charge in [0.1, 0.15) is 12.4 Å². The molecule has 3 aromatic rings. The highest BCUT2D eigenvalue weighted by Gasteiger charge is 2.14. The molecule has 3 aromatic carbocycles. The van der Waals surface area contributed by atoms with Crippen molar-refractivity contribution in [2.24, 2.45) is 5.10 Å². The second kappa shape index (κ2) is 11.6. The highest BCUT2D eigenvalue weighted by molar-refractivity contribution is 6.39. The molecule has 0 aliphatic heterocycles. The van der Waals surface area contributed by atoms with E-state index in [1.807, 2.05) is 37.3 Å². The third-order valence-electron chi connectivity index (χ3n) is 4.27. The van der Waals surface area contributed by atoms with Crippen LogP contribution in [0.3, 0.4) is 0 Å². The monoisotopic (exact) mass is 469 g/mol. The van der Waals surface area contributed by atoms with Gasteiger partial charge in [0.25, 0.3) is 0 Å². The predicted octanol–water partition coefficient (Wildman–Crippen LogP) is 4.55. The number of benzene rings is 3. The van der Waals surface area contributed by atoms with Crippen LogP contribution in [-0.4, -0.2) is 24.6 Å². The average Bonchev–Trinajstić information content (AvgIpc) is 2.81. The van der Waals surface area contributed by atoms with E-state index in [0.29, 0.717) is 30.3 Å². The quantitative estimate of drug-likeness (QED) is 0.288. The van der Waals surface area contributed by atoms with Gasteiger partial charge in [0.2, 0.25) is 0 Å². The fourth-order valence-electron chi connectivity index (χ4n) is 2.71. The van der Waals surface area contributed by atoms with Gasteiger partial charge in [0.05, 0.1) is 17.8 Å². The number of hydrogen-bond acceptors (Lipinski definition) is 5. The molecule has 0 spiro atoms. The zero-order valence-electron chi connectivity index (χ0n) is 17.7. The third-order valence-corrected chi connectivity index (χ3v) is 4.56. The van der Waals surface area contributed by atoms with Gasteiger partial charge in [-0.3, -0.25) is 9.59 Å². The Morgan fingerprint density at radius 2 is 1.79 bits per heavy atom. The molecule has 0 heterocycles. The molecule has 0 aliphatic rings. The molecule has 0 bridgehead atoms. The minimum atomic E-state index is -1.00. The van der Waals surface area contributed by atoms with Crippen molar-refractivity contribution in [1.82, 2.24) is 5.43 Å². The Bertz CT molecular complexity index is 1160. The summed E-state index contributed by atoms with van der Waals surface area (Å²) in [4.78, 5) is 23.9. The SMILES string of the molecule is CCOc1cc(C=NNC(=O)C(=O)Nc2ccc(F)c(Cl)c2)ccc1OCc1ccccc1. The highest BCUT2D eigenvalue weighted by Crippen LogP contribution is 2.29. The zero-order valence-corrected chi connectivity index (χ0v) is 18.4. The van der Waals surface area contributed by atoms with Crippen molar-refractivity contribution in [3.63, 3.8) is 0 Å². The molecular formula is C24H21ClFN3O4. The van der Waals surface area contributed by atoms with Gasteiger partial charge in [-0.2, -0.15) is 5.10 Å². The average molecular weight is 470 g/mol. The lowest BCUT2D eigenvalue weighted by Gasteiger charge is -2.12. The van der Waals surface area contributed by atoms with E-state index in [2.05, 4.69) is 15.8 Å². The molecule has 7 nitrogen and oxygen atoms in total. The Labute approximate surface area is 195 Å². The Hall–Kier alpha value is -3.91. The summed E-state index contributed by atoms with van der Waals surface area (Å²) >= 11 is 5.66. The summed E-state index contributed by atoms with van der Waals surface area (Å²) < 4.78 is 24.7. The number of amides is 2. The van der Waals surface area contributed by atoms with Gasteiger partial charge in [-0.25, -0.2) is 9.82 Å². The summed E-state index contributed by atoms with van der Waals surface area (Å²) in [5.41, 5.74) is 3.95. The number of ether oxygens (including phenoxy) is 2. The third kappa shape index (κ3) is 7.05. The Balaban J connectivity index is 1.58. The molecule has 2 N–H and O–H groups in total. The lowest BCUT2D eigenvalue weighted by Crippen LogP contribution is -2.32. The summed E-state index contributed by atoms with van der Waals surface area (Å²) in [7, 11) is 0. The normalized spacial score (nSPS) is 10.6. The number of hydrogen-bond donors (Lipinski definition) is 2. The van der Waals surface area contributed by atoms with Crippen molar-refractivity contribution >= 4 is 35.3 Å². The Kier molecular flexibility index (Phi) is 8.37. The van der Waals surface area contributed by atoms with E-state index in [0.717, 1.165) is 11.6 Å². The van der Waals surface area contributed by atoms with Crippen LogP contribution in [0.1, 0.15) is 18.1 Å². The molecule has 0 aromatic heterocycles. The summed E-state index contributed by atoms with van der Waals surface area (Å²) in [6, 6.07) is 18.5. The minimum absolute atomic E-state index is 0.174. The Morgan fingerprint density at radius 3 is 2.52 bits per heavy atom. The van der Waals surface area contributed by atoms with E-state index in [9.17, 15) is 14.0 Å². The first-order chi connectivity index (χ1) is 16.0. The van der Waals surface area contributed by atoms with Crippen molar-refractivity contribution in [2.45, 2.75) is 13.5 Å². The lowest BCUT2D eigenvalue weighted by atomic mass is 10.2. The smallest absolute Gasteiger partial charge is 0.329 e. The van der Waals surface area contributed by atoms with Crippen LogP contribution in [0.5, 0.6) is 11.5 Å². The van der Waals surface area contributed by atoms with Crippen LogP contribution >= 0.6 is 11.6 Å². The van der Waals surface area contributed by atoms with E-state index >= 15 is 0 Å². The number of nitrogens with zero attached hydrogens (tertiary/aromatic N) is 1. The maximum Gasteiger partial charge on any atom is 0.329 e. The molecule has 9 heteroatoms. The first-order valence-electron chi connectivity index (χ1n) is 9.99. The molecule has 0 fully saturated rings. The van der Waals surface area contributed by atoms with Gasteiger partial charge in [-0.05, 0) is 54.4 Å². The first-order valence-corrected chi connectivity index (χ1v) is 10.4. The molecule has 0 radical (unpaired) electrons. The number of rotatable bonds is 8. The lowest BCUT2D eigenvalue weighted by molar-refractivity contribution is -0.136. The fourth-order valence-corrected chi connectivity index (χ4v) is 2.89. The van der Waals surface area contributed by atoms with E-state index < -0.39 is 17.6 Å². The molecule has 0 saturated carbocycles. The maximum atomic E-state index is 13.2. The molecule has 0 saturated heterocycles. The van der Waals surface area contributed by atoms with Gasteiger partial charge >= 0.3 is 11.8 Å². The van der Waals surface area contributed by atoms with Gasteiger partial charge < -0.3 is 14.8 Å². The largest absolute Gasteiger partial charge is 0.490 e. The number of halogens is 2. The standard InChI is InChI=1S/C24H21ClFN3O4/c1-2-32-22-12-17(8-11-21(22)33-15-16-6-4-3-5-7-16)14-27-29-24(31)23(30)28-18-9-10-20(26)19(25)13-18/h3-14H,2,15H2,1H3,(H,28,30)(H,29,31). The summed E-state index contributed by atoms with van der Waals surface area (Å²) in [5, 5.41) is 5.93. The molecule has 0 aliphatic carbocycles. The summed E-state index contributed by atoms with van der Waals surface area (Å²) in [6.07, 6.45) is 1.36. The van der Waals surface area contributed by atoms with Crippen LogP contribution in [0.2, 0.25) is 5.02 Å². The van der Waals surface area contributed by atoms with Crippen molar-refractivity contribution in [2.75, 3.05) is 11.9 Å². The van der Waals surface area contributed by atoms with Gasteiger partial charge in [0, 0.05) is 5.69 Å². The second-order valence-corrected chi connectivity index (χ2v) is 7.10. The number of anilines is 1. The summed E-state index contributed by atoms with van der Waals surface area (Å²) in [6.45, 7) is 2.68. The zero-order chi connectivity index (χ0) is 23.6. The van der Waals surface area contributed by atoms with Crippen molar-refractivity contribution in [3.05, 3.63) is 88.7 Å². The highest BCUT2D eigenvalue weighted by atomic mass is 35.5. The Morgan fingerprint density at radius 1 is 1.00 bits per heavy atom. The van der Waals surface area contributed by atoms with Crippen LogP contribution < -0.4 is 20.2 Å². The minimum Gasteiger partial charge on any atom is -0.490 e. The van der Waals surface area contributed by atoms with Gasteiger partial charge in [-0.1, -0.05) is 41.9 Å². The molecule has 33 heavy (non-hydrogen) atoms. The van der Waals surface area contributed by atoms with Crippen LogP contribution in [0.15, 0.2) is 71.8 Å². The van der Waals surface area contributed by atoms with Crippen LogP contribution in [-0.2, 0) is 16.2 Å². The van der Waals surface area contributed by atoms with Crippen molar-refractivity contribution in [3.8, 4) is 11.5 Å². The second-order valence-electron chi connectivity index (χ2n) is 6.70. The van der Waals surface area contributed by atoms with E-state index in [-0.39, 0.29) is 10.7 Å². The number of hydrazone groups is 1. The number of nitrogens with one attached hydrogen (secondary N) is 2. The van der Waals surface area contributed by atoms with Crippen LogP contribution in [0.25, 0.3) is 0 Å². The topological polar surface area (TPSA) is 89.0 Å². The number of carbonyl (C=O) groups is 2. The van der Waals surface area contributed by atoms with E-state index in [1.54, 1.807) is 18.2 Å². The maximum absolute atomic E-state index is 13.2. The molecular weight excluding hydrogens is 449 g/mol. The first kappa shape index (κ1) is 23.7. The summed E-state index contributed by atoms with van der Waals surface area (Å²) in [5.74, 6) is -1.52. The van der Waals surface area contributed by atoms with Crippen LogP contribution in [0, 0.1) is 5.82 Å². The predicted molar refractivity (Wildman–Crippen MR) is 124 cm³/mol. The van der Waals surface area contributed by atoms with Crippen molar-refractivity contribution in [1.29, 1.82) is 0 Å². The fraction of sp³-hybridized carbons (Fsp3) is 0.125. The molecule has 0 unspecified atom stereocenters. The van der Waals surface area contributed by atoms with Gasteiger partial charge in [0.15, 0.2) is 11.5 Å². The molecule has 2 amide bonds. The van der Waals surface area contributed by atoms with E-state index in [1.165, 1.54) is 18.3 Å². The number of carbonyl (C=O) groups excluding carboxylic acids is 2. The molecule has 3 rings (SSSR count).